The van der Waals surface area contributed by atoms with Crippen molar-refractivity contribution in [1.29, 1.82) is 0 Å². The van der Waals surface area contributed by atoms with Crippen LogP contribution < -0.4 is 10.9 Å². The van der Waals surface area contributed by atoms with E-state index in [9.17, 15) is 9.59 Å². The molecule has 0 aromatic carbocycles. The predicted molar refractivity (Wildman–Crippen MR) is 70.9 cm³/mol. The molecule has 0 aliphatic heterocycles. The summed E-state index contributed by atoms with van der Waals surface area (Å²) in [7, 11) is 0. The Kier molecular flexibility index (Phi) is 3.70. The number of aryl methyl sites for hydroxylation is 2. The molecule has 0 saturated carbocycles. The van der Waals surface area contributed by atoms with Crippen LogP contribution in [0, 0.1) is 13.8 Å². The van der Waals surface area contributed by atoms with Gasteiger partial charge in [0.25, 0.3) is 5.56 Å². The lowest BCUT2D eigenvalue weighted by Crippen LogP contribution is -2.24. The average molecular weight is 258 g/mol. The van der Waals surface area contributed by atoms with E-state index in [1.165, 1.54) is 0 Å². The Balaban J connectivity index is 2.14. The van der Waals surface area contributed by atoms with Crippen molar-refractivity contribution in [3.63, 3.8) is 0 Å². The molecule has 98 valence electrons. The first kappa shape index (κ1) is 12.9. The minimum atomic E-state index is -0.272. The first-order chi connectivity index (χ1) is 9.06. The molecule has 0 aliphatic rings. The van der Waals surface area contributed by atoms with Crippen molar-refractivity contribution in [3.05, 3.63) is 52.0 Å². The van der Waals surface area contributed by atoms with E-state index in [0.29, 0.717) is 22.8 Å². The number of pyridine rings is 1. The predicted octanol–water partition coefficient (Wildman–Crippen LogP) is 0.963. The number of nitrogens with zero attached hydrogens (tertiary/aromatic N) is 2. The van der Waals surface area contributed by atoms with Gasteiger partial charge < -0.3 is 10.3 Å². The quantitative estimate of drug-likeness (QED) is 0.858. The largest absolute Gasteiger partial charge is 0.324 e. The summed E-state index contributed by atoms with van der Waals surface area (Å²) in [5.41, 5.74) is 1.28. The number of H-pyrrole nitrogens is 1. The van der Waals surface area contributed by atoms with E-state index in [2.05, 4.69) is 20.3 Å². The van der Waals surface area contributed by atoms with Crippen LogP contribution in [0.25, 0.3) is 0 Å². The molecule has 2 rings (SSSR count). The van der Waals surface area contributed by atoms with Gasteiger partial charge in [-0.25, -0.2) is 4.98 Å². The molecule has 2 aromatic rings. The van der Waals surface area contributed by atoms with Crippen LogP contribution in [0.3, 0.4) is 0 Å². The van der Waals surface area contributed by atoms with Gasteiger partial charge >= 0.3 is 0 Å². The molecule has 0 unspecified atom stereocenters. The Morgan fingerprint density at radius 3 is 2.84 bits per heavy atom. The molecule has 0 saturated heterocycles. The maximum Gasteiger partial charge on any atom is 0.254 e. The van der Waals surface area contributed by atoms with E-state index in [1.807, 2.05) is 0 Å². The highest BCUT2D eigenvalue weighted by Gasteiger charge is 2.11. The van der Waals surface area contributed by atoms with Crippen molar-refractivity contribution < 1.29 is 4.79 Å². The molecule has 19 heavy (non-hydrogen) atoms. The molecule has 0 atom stereocenters. The lowest BCUT2D eigenvalue weighted by molar-refractivity contribution is -0.115. The highest BCUT2D eigenvalue weighted by molar-refractivity contribution is 5.92. The summed E-state index contributed by atoms with van der Waals surface area (Å²) in [6, 6.07) is 3.45. The zero-order valence-electron chi connectivity index (χ0n) is 10.7. The number of carbonyl (C=O) groups is 1. The highest BCUT2D eigenvalue weighted by atomic mass is 16.2. The minimum Gasteiger partial charge on any atom is -0.324 e. The number of aromatic amines is 1. The van der Waals surface area contributed by atoms with Crippen LogP contribution in [-0.4, -0.2) is 20.9 Å². The van der Waals surface area contributed by atoms with Crippen LogP contribution in [0.4, 0.5) is 5.69 Å². The molecule has 0 spiro atoms. The third-order valence-electron chi connectivity index (χ3n) is 2.62. The first-order valence-electron chi connectivity index (χ1n) is 5.82. The zero-order valence-corrected chi connectivity index (χ0v) is 10.7. The monoisotopic (exact) mass is 258 g/mol. The van der Waals surface area contributed by atoms with Crippen molar-refractivity contribution in [3.8, 4) is 0 Å². The van der Waals surface area contributed by atoms with E-state index >= 15 is 0 Å². The summed E-state index contributed by atoms with van der Waals surface area (Å²) in [6.45, 7) is 3.42. The van der Waals surface area contributed by atoms with Gasteiger partial charge in [-0.2, -0.15) is 0 Å². The molecule has 0 fully saturated rings. The number of amides is 1. The fourth-order valence-electron chi connectivity index (χ4n) is 1.76. The molecule has 6 nitrogen and oxygen atoms in total. The second-order valence-electron chi connectivity index (χ2n) is 4.18. The van der Waals surface area contributed by atoms with Crippen molar-refractivity contribution >= 4 is 11.6 Å². The maximum atomic E-state index is 11.9. The van der Waals surface area contributed by atoms with Crippen LogP contribution in [-0.2, 0) is 11.2 Å². The van der Waals surface area contributed by atoms with E-state index in [4.69, 9.17) is 0 Å². The van der Waals surface area contributed by atoms with Crippen molar-refractivity contribution in [2.75, 3.05) is 5.32 Å². The molecule has 2 heterocycles. The van der Waals surface area contributed by atoms with Gasteiger partial charge in [0, 0.05) is 17.5 Å². The molecule has 2 aromatic heterocycles. The smallest absolute Gasteiger partial charge is 0.254 e. The molecule has 1 amide bonds. The number of aromatic nitrogens is 3. The van der Waals surface area contributed by atoms with Crippen LogP contribution in [0.1, 0.15) is 17.1 Å². The summed E-state index contributed by atoms with van der Waals surface area (Å²) in [5.74, 6) is 0.270. The molecular weight excluding hydrogens is 244 g/mol. The second kappa shape index (κ2) is 5.43. The standard InChI is InChI=1S/C13H14N4O2/c1-8-11(13(19)16-9(2)15-8)6-12(18)17-10-4-3-5-14-7-10/h3-5,7H,6H2,1-2H3,(H,17,18)(H,15,16,19). The average Bonchev–Trinajstić information content (AvgIpc) is 2.35. The fraction of sp³-hybridized carbons (Fsp3) is 0.231. The Morgan fingerprint density at radius 2 is 2.21 bits per heavy atom. The van der Waals surface area contributed by atoms with Gasteiger partial charge in [0.05, 0.1) is 18.3 Å². The van der Waals surface area contributed by atoms with Crippen molar-refractivity contribution in [1.82, 2.24) is 15.0 Å². The number of rotatable bonds is 3. The topological polar surface area (TPSA) is 87.7 Å². The van der Waals surface area contributed by atoms with Gasteiger partial charge in [-0.1, -0.05) is 0 Å². The lowest BCUT2D eigenvalue weighted by atomic mass is 10.1. The number of hydrogen-bond acceptors (Lipinski definition) is 4. The summed E-state index contributed by atoms with van der Waals surface area (Å²) >= 11 is 0. The van der Waals surface area contributed by atoms with E-state index < -0.39 is 0 Å². The van der Waals surface area contributed by atoms with Gasteiger partial charge in [-0.15, -0.1) is 0 Å². The van der Waals surface area contributed by atoms with Crippen molar-refractivity contribution in [2.24, 2.45) is 0 Å². The number of anilines is 1. The molecular formula is C13H14N4O2. The minimum absolute atomic E-state index is 0.0106. The summed E-state index contributed by atoms with van der Waals surface area (Å²) in [4.78, 5) is 34.2. The molecule has 0 aliphatic carbocycles. The normalized spacial score (nSPS) is 10.2. The second-order valence-corrected chi connectivity index (χ2v) is 4.18. The SMILES string of the molecule is Cc1nc(C)c(CC(=O)Nc2cccnc2)c(=O)[nH]1. The highest BCUT2D eigenvalue weighted by Crippen LogP contribution is 2.05. The Labute approximate surface area is 109 Å². The van der Waals surface area contributed by atoms with Crippen LogP contribution in [0.15, 0.2) is 29.3 Å². The Hall–Kier alpha value is -2.50. The van der Waals surface area contributed by atoms with Crippen molar-refractivity contribution in [2.45, 2.75) is 20.3 Å². The maximum absolute atomic E-state index is 11.9. The first-order valence-corrected chi connectivity index (χ1v) is 5.82. The van der Waals surface area contributed by atoms with Gasteiger partial charge in [-0.05, 0) is 26.0 Å². The van der Waals surface area contributed by atoms with Gasteiger partial charge in [-0.3, -0.25) is 14.6 Å². The molecule has 2 N–H and O–H groups in total. The number of hydrogen-bond donors (Lipinski definition) is 2. The fourth-order valence-corrected chi connectivity index (χ4v) is 1.76. The Bertz CT molecular complexity index is 649. The third-order valence-corrected chi connectivity index (χ3v) is 2.62. The van der Waals surface area contributed by atoms with Crippen LogP contribution >= 0.6 is 0 Å². The Morgan fingerprint density at radius 1 is 1.42 bits per heavy atom. The van der Waals surface area contributed by atoms with Gasteiger partial charge in [0.1, 0.15) is 5.82 Å². The van der Waals surface area contributed by atoms with E-state index in [-0.39, 0.29) is 17.9 Å². The zero-order chi connectivity index (χ0) is 13.8. The molecule has 0 bridgehead atoms. The van der Waals surface area contributed by atoms with Crippen LogP contribution in [0.2, 0.25) is 0 Å². The van der Waals surface area contributed by atoms with Gasteiger partial charge in [0.15, 0.2) is 0 Å². The van der Waals surface area contributed by atoms with Crippen LogP contribution in [0.5, 0.6) is 0 Å². The number of nitrogens with one attached hydrogen (secondary N) is 2. The van der Waals surface area contributed by atoms with E-state index in [1.54, 1.807) is 38.4 Å². The van der Waals surface area contributed by atoms with Gasteiger partial charge in [0.2, 0.25) is 5.91 Å². The summed E-state index contributed by atoms with van der Waals surface area (Å²) < 4.78 is 0. The number of carbonyl (C=O) groups excluding carboxylic acids is 1. The summed E-state index contributed by atoms with van der Waals surface area (Å²) in [6.07, 6.45) is 3.15. The molecule has 0 radical (unpaired) electrons. The molecule has 6 heteroatoms. The lowest BCUT2D eigenvalue weighted by Gasteiger charge is -2.06. The third kappa shape index (κ3) is 3.25. The summed E-state index contributed by atoms with van der Waals surface area (Å²) in [5, 5.41) is 2.68. The van der Waals surface area contributed by atoms with E-state index in [0.717, 1.165) is 0 Å².